The number of rotatable bonds is 6. The fraction of sp³-hybridized carbons (Fsp3) is 0.929. The second-order valence-electron chi connectivity index (χ2n) is 6.06. The molecular weight excluding hydrogens is 319 g/mol. The van der Waals surface area contributed by atoms with Gasteiger partial charge in [-0.15, -0.1) is 0 Å². The maximum absolute atomic E-state index is 9.00. The van der Waals surface area contributed by atoms with Crippen LogP contribution in [-0.2, 0) is 4.79 Å². The fourth-order valence-corrected chi connectivity index (χ4v) is 13.3. The minimum absolute atomic E-state index is 0.833. The van der Waals surface area contributed by atoms with Crippen molar-refractivity contribution in [3.8, 4) is 0 Å². The molecule has 0 saturated carbocycles. The van der Waals surface area contributed by atoms with E-state index in [2.05, 4.69) is 41.5 Å². The number of hydrogen-bond donors (Lipinski definition) is 1. The molecule has 0 unspecified atom stereocenters. The molecule has 0 heterocycles. The first-order chi connectivity index (χ1) is 7.65. The van der Waals surface area contributed by atoms with Crippen LogP contribution in [0.2, 0.25) is 13.3 Å². The quantitative estimate of drug-likeness (QED) is 0.714. The molecule has 0 bridgehead atoms. The van der Waals surface area contributed by atoms with E-state index in [0.29, 0.717) is 0 Å². The first-order valence-electron chi connectivity index (χ1n) is 6.68. The van der Waals surface area contributed by atoms with E-state index in [0.717, 1.165) is 24.7 Å². The summed E-state index contributed by atoms with van der Waals surface area (Å²) in [6.07, 6.45) is 0. The van der Waals surface area contributed by atoms with Crippen LogP contribution in [0.1, 0.15) is 48.5 Å². The van der Waals surface area contributed by atoms with Crippen molar-refractivity contribution in [2.45, 2.75) is 61.8 Å². The molecule has 3 heteroatoms. The van der Waals surface area contributed by atoms with Crippen molar-refractivity contribution in [3.05, 3.63) is 0 Å². The van der Waals surface area contributed by atoms with E-state index in [-0.39, 0.29) is 0 Å². The van der Waals surface area contributed by atoms with Crippen molar-refractivity contribution in [1.82, 2.24) is 0 Å². The normalized spacial score (nSPS) is 11.0. The SMILES string of the molecule is CC(=O)O.CC(C)[CH2][Sn]([CH2]C(C)C)[CH2]C(C)C. The average Bonchev–Trinajstić information content (AvgIpc) is 1.96. The molecule has 0 spiro atoms. The molecule has 1 N–H and O–H groups in total. The molecule has 0 aromatic heterocycles. The summed E-state index contributed by atoms with van der Waals surface area (Å²) in [5.74, 6) is 2.02. The molecule has 0 aromatic rings. The van der Waals surface area contributed by atoms with Crippen LogP contribution in [0.4, 0.5) is 0 Å². The molecule has 17 heavy (non-hydrogen) atoms. The Hall–Kier alpha value is 0.269. The van der Waals surface area contributed by atoms with Gasteiger partial charge in [-0.2, -0.15) is 0 Å². The van der Waals surface area contributed by atoms with Gasteiger partial charge in [0.2, 0.25) is 0 Å². The molecule has 0 fully saturated rings. The predicted molar refractivity (Wildman–Crippen MR) is 78.0 cm³/mol. The van der Waals surface area contributed by atoms with E-state index in [4.69, 9.17) is 9.90 Å². The Morgan fingerprint density at radius 3 is 1.18 bits per heavy atom. The Labute approximate surface area is 115 Å². The third kappa shape index (κ3) is 22.0. The van der Waals surface area contributed by atoms with E-state index in [1.807, 2.05) is 0 Å². The molecule has 103 valence electrons. The number of carboxylic acid groups (broad SMARTS) is 1. The van der Waals surface area contributed by atoms with Gasteiger partial charge in [0.15, 0.2) is 0 Å². The van der Waals surface area contributed by atoms with Crippen molar-refractivity contribution in [3.63, 3.8) is 0 Å². The summed E-state index contributed by atoms with van der Waals surface area (Å²) in [6, 6.07) is 0. The van der Waals surface area contributed by atoms with Gasteiger partial charge in [0.25, 0.3) is 5.97 Å². The maximum atomic E-state index is 9.00. The second-order valence-corrected chi connectivity index (χ2v) is 13.8. The van der Waals surface area contributed by atoms with E-state index < -0.39 is 25.7 Å². The van der Waals surface area contributed by atoms with E-state index in [1.165, 1.54) is 0 Å². The van der Waals surface area contributed by atoms with Gasteiger partial charge in [0.1, 0.15) is 0 Å². The first kappa shape index (κ1) is 19.6. The summed E-state index contributed by atoms with van der Waals surface area (Å²) in [5, 5.41) is 7.42. The molecule has 0 amide bonds. The van der Waals surface area contributed by atoms with Gasteiger partial charge in [-0.05, 0) is 0 Å². The average molecular weight is 350 g/mol. The first-order valence-corrected chi connectivity index (χ1v) is 12.7. The van der Waals surface area contributed by atoms with Crippen molar-refractivity contribution < 1.29 is 9.90 Å². The van der Waals surface area contributed by atoms with Crippen LogP contribution in [-0.4, -0.2) is 30.8 Å². The van der Waals surface area contributed by atoms with Crippen LogP contribution in [0.5, 0.6) is 0 Å². The summed E-state index contributed by atoms with van der Waals surface area (Å²) in [4.78, 5) is 9.00. The molecule has 0 aliphatic carbocycles. The Bertz CT molecular complexity index is 161. The van der Waals surface area contributed by atoms with Gasteiger partial charge in [0, 0.05) is 6.92 Å². The van der Waals surface area contributed by atoms with Gasteiger partial charge in [-0.1, -0.05) is 0 Å². The van der Waals surface area contributed by atoms with E-state index in [1.54, 1.807) is 13.3 Å². The zero-order valence-corrected chi connectivity index (χ0v) is 15.6. The molecule has 0 saturated heterocycles. The Morgan fingerprint density at radius 2 is 1.06 bits per heavy atom. The Morgan fingerprint density at radius 1 is 0.882 bits per heavy atom. The standard InChI is InChI=1S/3C4H9.C2H4O2.Sn/c3*1-4(2)3;1-2(3)4;/h3*4H,1H2,2-3H3;1H3,(H,3,4);. The van der Waals surface area contributed by atoms with Crippen LogP contribution in [0.15, 0.2) is 0 Å². The molecule has 0 rings (SSSR count). The van der Waals surface area contributed by atoms with Crippen LogP contribution in [0.3, 0.4) is 0 Å². The molecule has 1 radical (unpaired) electrons. The summed E-state index contributed by atoms with van der Waals surface area (Å²) in [5.41, 5.74) is 0. The van der Waals surface area contributed by atoms with Gasteiger partial charge < -0.3 is 5.11 Å². The van der Waals surface area contributed by atoms with Crippen LogP contribution >= 0.6 is 0 Å². The third-order valence-electron chi connectivity index (χ3n) is 2.09. The van der Waals surface area contributed by atoms with Crippen molar-refractivity contribution >= 4 is 25.7 Å². The van der Waals surface area contributed by atoms with Gasteiger partial charge in [0.05, 0.1) is 0 Å². The third-order valence-corrected chi connectivity index (χ3v) is 14.0. The zero-order chi connectivity index (χ0) is 14.0. The minimum atomic E-state index is -0.976. The number of aliphatic carboxylic acids is 1. The van der Waals surface area contributed by atoms with Crippen molar-refractivity contribution in [2.24, 2.45) is 17.8 Å². The molecule has 0 aromatic carbocycles. The monoisotopic (exact) mass is 351 g/mol. The number of carbonyl (C=O) groups is 1. The molecule has 0 atom stereocenters. The van der Waals surface area contributed by atoms with Crippen LogP contribution in [0.25, 0.3) is 0 Å². The molecular formula is C14H31O2Sn. The fourth-order valence-electron chi connectivity index (χ4n) is 1.98. The van der Waals surface area contributed by atoms with E-state index in [9.17, 15) is 0 Å². The predicted octanol–water partition coefficient (Wildman–Crippen LogP) is 4.54. The van der Waals surface area contributed by atoms with Crippen molar-refractivity contribution in [2.75, 3.05) is 0 Å². The van der Waals surface area contributed by atoms with Crippen LogP contribution in [0, 0.1) is 17.8 Å². The zero-order valence-electron chi connectivity index (χ0n) is 12.7. The van der Waals surface area contributed by atoms with Gasteiger partial charge in [-0.25, -0.2) is 0 Å². The molecule has 0 aliphatic heterocycles. The Balaban J connectivity index is 0. The summed E-state index contributed by atoms with van der Waals surface area (Å²) < 4.78 is 4.83. The van der Waals surface area contributed by atoms with Crippen molar-refractivity contribution in [1.29, 1.82) is 0 Å². The second kappa shape index (κ2) is 11.4. The van der Waals surface area contributed by atoms with E-state index >= 15 is 0 Å². The van der Waals surface area contributed by atoms with Gasteiger partial charge >= 0.3 is 92.4 Å². The van der Waals surface area contributed by atoms with Gasteiger partial charge in [-0.3, -0.25) is 4.79 Å². The summed E-state index contributed by atoms with van der Waals surface area (Å²) in [7, 11) is 0. The topological polar surface area (TPSA) is 37.3 Å². The summed E-state index contributed by atoms with van der Waals surface area (Å²) >= 11 is -0.976. The number of carboxylic acids is 1. The molecule has 2 nitrogen and oxygen atoms in total. The summed E-state index contributed by atoms with van der Waals surface area (Å²) in [6.45, 7) is 15.4. The number of hydrogen-bond acceptors (Lipinski definition) is 1. The van der Waals surface area contributed by atoms with Crippen LogP contribution < -0.4 is 0 Å². The molecule has 0 aliphatic rings. The Kier molecular flexibility index (Phi) is 13.1.